The van der Waals surface area contributed by atoms with Crippen LogP contribution in [0.25, 0.3) is 0 Å². The van der Waals surface area contributed by atoms with Gasteiger partial charge in [0.25, 0.3) is 0 Å². The van der Waals surface area contributed by atoms with Gasteiger partial charge in [-0.2, -0.15) is 0 Å². The summed E-state index contributed by atoms with van der Waals surface area (Å²) in [6.07, 6.45) is 3.77. The Morgan fingerprint density at radius 3 is 2.50 bits per heavy atom. The monoisotopic (exact) mass is 143 g/mol. The summed E-state index contributed by atoms with van der Waals surface area (Å²) in [5.74, 6) is 0. The fourth-order valence-corrected chi connectivity index (χ4v) is 1.33. The molecule has 0 unspecified atom stereocenters. The lowest BCUT2D eigenvalue weighted by Gasteiger charge is -2.41. The van der Waals surface area contributed by atoms with Crippen molar-refractivity contribution in [3.8, 4) is 0 Å². The van der Waals surface area contributed by atoms with Gasteiger partial charge >= 0.3 is 0 Å². The number of unbranched alkanes of at least 4 members (excludes halogenated alkanes) is 1. The minimum absolute atomic E-state index is 0.204. The first kappa shape index (κ1) is 8.02. The summed E-state index contributed by atoms with van der Waals surface area (Å²) in [6, 6.07) is 0. The van der Waals surface area contributed by atoms with Crippen LogP contribution >= 0.6 is 0 Å². The summed E-state index contributed by atoms with van der Waals surface area (Å²) >= 11 is 0. The highest BCUT2D eigenvalue weighted by atomic mass is 16.5. The average Bonchev–Trinajstić information content (AvgIpc) is 1.87. The van der Waals surface area contributed by atoms with E-state index in [4.69, 9.17) is 4.74 Å². The fourth-order valence-electron chi connectivity index (χ4n) is 1.33. The van der Waals surface area contributed by atoms with Gasteiger partial charge < -0.3 is 10.1 Å². The Kier molecular flexibility index (Phi) is 2.69. The van der Waals surface area contributed by atoms with Crippen molar-refractivity contribution in [1.82, 2.24) is 5.32 Å². The molecule has 0 aliphatic carbocycles. The number of rotatable bonds is 4. The molecule has 2 nitrogen and oxygen atoms in total. The third kappa shape index (κ3) is 1.50. The van der Waals surface area contributed by atoms with E-state index in [2.05, 4.69) is 12.2 Å². The van der Waals surface area contributed by atoms with Gasteiger partial charge in [-0.3, -0.25) is 0 Å². The van der Waals surface area contributed by atoms with Crippen molar-refractivity contribution in [1.29, 1.82) is 0 Å². The zero-order valence-corrected chi connectivity index (χ0v) is 6.94. The van der Waals surface area contributed by atoms with Crippen LogP contribution in [-0.4, -0.2) is 25.8 Å². The van der Waals surface area contributed by atoms with Crippen LogP contribution < -0.4 is 5.32 Å². The molecule has 0 aromatic carbocycles. The van der Waals surface area contributed by atoms with E-state index >= 15 is 0 Å². The molecule has 0 aromatic rings. The van der Waals surface area contributed by atoms with Crippen molar-refractivity contribution in [3.63, 3.8) is 0 Å². The molecule has 0 radical (unpaired) electrons. The first-order valence-electron chi connectivity index (χ1n) is 4.09. The van der Waals surface area contributed by atoms with Gasteiger partial charge in [-0.25, -0.2) is 0 Å². The van der Waals surface area contributed by atoms with Gasteiger partial charge in [0, 0.05) is 20.2 Å². The first-order chi connectivity index (χ1) is 4.83. The lowest BCUT2D eigenvalue weighted by Crippen LogP contribution is -2.60. The number of nitrogens with one attached hydrogen (secondary N) is 1. The Bertz CT molecular complexity index is 93.9. The fraction of sp³-hybridized carbons (Fsp3) is 1.00. The van der Waals surface area contributed by atoms with Gasteiger partial charge in [0.2, 0.25) is 0 Å². The smallest absolute Gasteiger partial charge is 0.0926 e. The van der Waals surface area contributed by atoms with Crippen molar-refractivity contribution >= 4 is 0 Å². The largest absolute Gasteiger partial charge is 0.376 e. The molecule has 0 atom stereocenters. The van der Waals surface area contributed by atoms with Crippen molar-refractivity contribution in [2.45, 2.75) is 31.8 Å². The Labute approximate surface area is 63.0 Å². The topological polar surface area (TPSA) is 21.3 Å². The van der Waals surface area contributed by atoms with Crippen molar-refractivity contribution in [3.05, 3.63) is 0 Å². The quantitative estimate of drug-likeness (QED) is 0.637. The van der Waals surface area contributed by atoms with E-state index in [1.807, 2.05) is 7.11 Å². The van der Waals surface area contributed by atoms with Crippen LogP contribution in [-0.2, 0) is 4.74 Å². The Balaban J connectivity index is 2.20. The van der Waals surface area contributed by atoms with E-state index < -0.39 is 0 Å². The summed E-state index contributed by atoms with van der Waals surface area (Å²) in [5, 5.41) is 3.24. The lowest BCUT2D eigenvalue weighted by molar-refractivity contribution is -0.0582. The second-order valence-corrected chi connectivity index (χ2v) is 3.09. The molecule has 1 fully saturated rings. The lowest BCUT2D eigenvalue weighted by atomic mass is 9.90. The normalized spacial score (nSPS) is 22.2. The minimum Gasteiger partial charge on any atom is -0.376 e. The van der Waals surface area contributed by atoms with Gasteiger partial charge in [0.05, 0.1) is 5.60 Å². The molecule has 0 aromatic heterocycles. The molecule has 1 heterocycles. The molecule has 0 saturated carbocycles. The van der Waals surface area contributed by atoms with E-state index in [-0.39, 0.29) is 5.60 Å². The number of hydrogen-bond acceptors (Lipinski definition) is 2. The van der Waals surface area contributed by atoms with Crippen LogP contribution in [0.4, 0.5) is 0 Å². The van der Waals surface area contributed by atoms with Gasteiger partial charge in [0.15, 0.2) is 0 Å². The van der Waals surface area contributed by atoms with E-state index in [0.717, 1.165) is 13.1 Å². The molecule has 2 heteroatoms. The van der Waals surface area contributed by atoms with Crippen molar-refractivity contribution < 1.29 is 4.74 Å². The second kappa shape index (κ2) is 3.35. The summed E-state index contributed by atoms with van der Waals surface area (Å²) in [6.45, 7) is 4.31. The molecule has 1 saturated heterocycles. The van der Waals surface area contributed by atoms with E-state index in [0.29, 0.717) is 0 Å². The molecule has 1 N–H and O–H groups in total. The van der Waals surface area contributed by atoms with Crippen molar-refractivity contribution in [2.75, 3.05) is 20.2 Å². The number of hydrogen-bond donors (Lipinski definition) is 1. The minimum atomic E-state index is 0.204. The molecule has 0 spiro atoms. The standard InChI is InChI=1S/C8H17NO/c1-3-4-5-8(10-2)6-9-7-8/h9H,3-7H2,1-2H3. The highest BCUT2D eigenvalue weighted by Gasteiger charge is 2.35. The molecule has 1 aliphatic rings. The van der Waals surface area contributed by atoms with E-state index in [1.54, 1.807) is 0 Å². The predicted molar refractivity (Wildman–Crippen MR) is 42.1 cm³/mol. The number of methoxy groups -OCH3 is 1. The van der Waals surface area contributed by atoms with Crippen LogP contribution in [0.5, 0.6) is 0 Å². The van der Waals surface area contributed by atoms with Crippen LogP contribution in [0.15, 0.2) is 0 Å². The zero-order valence-electron chi connectivity index (χ0n) is 6.94. The van der Waals surface area contributed by atoms with Crippen molar-refractivity contribution in [2.24, 2.45) is 0 Å². The summed E-state index contributed by atoms with van der Waals surface area (Å²) in [7, 11) is 1.82. The van der Waals surface area contributed by atoms with Gasteiger partial charge in [0.1, 0.15) is 0 Å². The van der Waals surface area contributed by atoms with Crippen LogP contribution in [0.1, 0.15) is 26.2 Å². The highest BCUT2D eigenvalue weighted by Crippen LogP contribution is 2.22. The second-order valence-electron chi connectivity index (χ2n) is 3.09. The molecular formula is C8H17NO. The SMILES string of the molecule is CCCCC1(OC)CNC1. The Morgan fingerprint density at radius 2 is 2.20 bits per heavy atom. The molecule has 0 bridgehead atoms. The predicted octanol–water partition coefficient (Wildman–Crippen LogP) is 1.17. The molecule has 1 rings (SSSR count). The highest BCUT2D eigenvalue weighted by molar-refractivity contribution is 4.93. The molecule has 1 aliphatic heterocycles. The molecule has 60 valence electrons. The summed E-state index contributed by atoms with van der Waals surface area (Å²) in [5.41, 5.74) is 0.204. The van der Waals surface area contributed by atoms with Crippen LogP contribution in [0.3, 0.4) is 0 Å². The molecule has 10 heavy (non-hydrogen) atoms. The Hall–Kier alpha value is -0.0800. The first-order valence-corrected chi connectivity index (χ1v) is 4.09. The van der Waals surface area contributed by atoms with Gasteiger partial charge in [-0.15, -0.1) is 0 Å². The summed E-state index contributed by atoms with van der Waals surface area (Å²) in [4.78, 5) is 0. The van der Waals surface area contributed by atoms with E-state index in [9.17, 15) is 0 Å². The van der Waals surface area contributed by atoms with Gasteiger partial charge in [-0.1, -0.05) is 19.8 Å². The van der Waals surface area contributed by atoms with Gasteiger partial charge in [-0.05, 0) is 6.42 Å². The van der Waals surface area contributed by atoms with Crippen LogP contribution in [0.2, 0.25) is 0 Å². The molecular weight excluding hydrogens is 126 g/mol. The maximum Gasteiger partial charge on any atom is 0.0926 e. The third-order valence-electron chi connectivity index (χ3n) is 2.31. The Morgan fingerprint density at radius 1 is 1.50 bits per heavy atom. The third-order valence-corrected chi connectivity index (χ3v) is 2.31. The maximum atomic E-state index is 5.41. The number of ether oxygens (including phenoxy) is 1. The maximum absolute atomic E-state index is 5.41. The van der Waals surface area contributed by atoms with Crippen LogP contribution in [0, 0.1) is 0 Å². The molecule has 0 amide bonds. The average molecular weight is 143 g/mol. The van der Waals surface area contributed by atoms with E-state index in [1.165, 1.54) is 19.3 Å². The summed E-state index contributed by atoms with van der Waals surface area (Å²) < 4.78 is 5.41. The zero-order chi connectivity index (χ0) is 7.45.